The van der Waals surface area contributed by atoms with Crippen LogP contribution in [0.4, 0.5) is 0 Å². The molecule has 0 aromatic heterocycles. The Hall–Kier alpha value is -2.95. The molecule has 0 bridgehead atoms. The van der Waals surface area contributed by atoms with E-state index in [2.05, 4.69) is 0 Å². The molecule has 1 aliphatic heterocycles. The Kier molecular flexibility index (Phi) is 4.99. The van der Waals surface area contributed by atoms with Gasteiger partial charge in [-0.2, -0.15) is 0 Å². The number of carbonyl (C=O) groups excluding carboxylic acids is 2. The molecule has 150 valence electrons. The first-order valence-electron chi connectivity index (χ1n) is 10.3. The summed E-state index contributed by atoms with van der Waals surface area (Å²) >= 11 is 0. The number of aryl methyl sites for hydroxylation is 2. The summed E-state index contributed by atoms with van der Waals surface area (Å²) in [6, 6.07) is 14.7. The molecule has 1 heterocycles. The second-order valence-corrected chi connectivity index (χ2v) is 8.26. The third kappa shape index (κ3) is 3.46. The number of nitrogens with zero attached hydrogens (tertiary/aromatic N) is 2. The van der Waals surface area contributed by atoms with Crippen LogP contribution in [0.25, 0.3) is 0 Å². The summed E-state index contributed by atoms with van der Waals surface area (Å²) in [4.78, 5) is 32.9. The lowest BCUT2D eigenvalue weighted by Crippen LogP contribution is -2.53. The first kappa shape index (κ1) is 19.4. The van der Waals surface area contributed by atoms with Crippen LogP contribution in [-0.4, -0.2) is 28.1 Å². The number of amides is 2. The van der Waals surface area contributed by atoms with Gasteiger partial charge in [0.2, 0.25) is 5.91 Å². The SMILES string of the molecule is Cc1ccc(C2=NC3(CCCCC3)N(C(C(N)=O)c3ccc(C)cc3)C2=O)cc1. The van der Waals surface area contributed by atoms with E-state index < -0.39 is 17.6 Å². The first-order chi connectivity index (χ1) is 13.9. The number of hydrogen-bond acceptors (Lipinski definition) is 3. The predicted molar refractivity (Wildman–Crippen MR) is 113 cm³/mol. The minimum atomic E-state index is -0.826. The van der Waals surface area contributed by atoms with E-state index in [1.807, 2.05) is 62.4 Å². The molecule has 2 amide bonds. The quantitative estimate of drug-likeness (QED) is 0.863. The van der Waals surface area contributed by atoms with Crippen molar-refractivity contribution >= 4 is 17.5 Å². The minimum Gasteiger partial charge on any atom is -0.368 e. The van der Waals surface area contributed by atoms with Crippen molar-refractivity contribution in [3.63, 3.8) is 0 Å². The lowest BCUT2D eigenvalue weighted by molar-refractivity contribution is -0.141. The largest absolute Gasteiger partial charge is 0.368 e. The number of rotatable bonds is 4. The molecule has 2 aromatic rings. The van der Waals surface area contributed by atoms with Gasteiger partial charge in [-0.25, -0.2) is 0 Å². The maximum absolute atomic E-state index is 13.6. The van der Waals surface area contributed by atoms with Crippen LogP contribution in [0, 0.1) is 13.8 Å². The van der Waals surface area contributed by atoms with E-state index in [1.54, 1.807) is 4.90 Å². The van der Waals surface area contributed by atoms with E-state index in [0.29, 0.717) is 5.71 Å². The zero-order valence-corrected chi connectivity index (χ0v) is 17.0. The molecule has 1 spiro atoms. The standard InChI is InChI=1S/C24H27N3O2/c1-16-6-10-18(11-7-16)20-23(29)27(24(26-20)14-4-3-5-15-24)21(22(25)28)19-12-8-17(2)9-13-19/h6-13,21H,3-5,14-15H2,1-2H3,(H2,25,28). The predicted octanol–water partition coefficient (Wildman–Crippen LogP) is 3.82. The van der Waals surface area contributed by atoms with Crippen LogP contribution in [0.5, 0.6) is 0 Å². The van der Waals surface area contributed by atoms with Crippen molar-refractivity contribution in [2.24, 2.45) is 10.7 Å². The molecule has 1 fully saturated rings. The third-order valence-electron chi connectivity index (χ3n) is 6.09. The van der Waals surface area contributed by atoms with E-state index in [0.717, 1.165) is 54.4 Å². The van der Waals surface area contributed by atoms with Gasteiger partial charge in [-0.05, 0) is 45.1 Å². The van der Waals surface area contributed by atoms with Crippen molar-refractivity contribution in [1.29, 1.82) is 0 Å². The normalized spacial score (nSPS) is 19.3. The molecule has 1 aliphatic carbocycles. The highest BCUT2D eigenvalue weighted by Gasteiger charge is 2.52. The summed E-state index contributed by atoms with van der Waals surface area (Å²) < 4.78 is 0. The Bertz CT molecular complexity index is 955. The third-order valence-corrected chi connectivity index (χ3v) is 6.09. The van der Waals surface area contributed by atoms with Crippen LogP contribution >= 0.6 is 0 Å². The Morgan fingerprint density at radius 1 is 0.966 bits per heavy atom. The maximum atomic E-state index is 13.6. The van der Waals surface area contributed by atoms with Gasteiger partial charge >= 0.3 is 0 Å². The van der Waals surface area contributed by atoms with Crippen LogP contribution in [0.3, 0.4) is 0 Å². The number of benzene rings is 2. The molecule has 0 saturated heterocycles. The number of carbonyl (C=O) groups is 2. The zero-order valence-electron chi connectivity index (χ0n) is 17.0. The summed E-state index contributed by atoms with van der Waals surface area (Å²) in [7, 11) is 0. The summed E-state index contributed by atoms with van der Waals surface area (Å²) in [6.45, 7) is 4.00. The molecule has 5 heteroatoms. The van der Waals surface area contributed by atoms with Gasteiger partial charge < -0.3 is 5.73 Å². The molecule has 4 rings (SSSR count). The van der Waals surface area contributed by atoms with Crippen molar-refractivity contribution in [3.8, 4) is 0 Å². The molecular formula is C24H27N3O2. The summed E-state index contributed by atoms with van der Waals surface area (Å²) in [5, 5.41) is 0. The van der Waals surface area contributed by atoms with Gasteiger partial charge in [-0.1, -0.05) is 66.1 Å². The minimum absolute atomic E-state index is 0.208. The van der Waals surface area contributed by atoms with E-state index >= 15 is 0 Å². The Labute approximate surface area is 171 Å². The molecule has 2 N–H and O–H groups in total. The van der Waals surface area contributed by atoms with Crippen molar-refractivity contribution in [2.75, 3.05) is 0 Å². The first-order valence-corrected chi connectivity index (χ1v) is 10.3. The molecule has 1 saturated carbocycles. The Balaban J connectivity index is 1.81. The molecule has 0 radical (unpaired) electrons. The highest BCUT2D eigenvalue weighted by Crippen LogP contribution is 2.44. The fraction of sp³-hybridized carbons (Fsp3) is 0.375. The Morgan fingerprint density at radius 2 is 1.52 bits per heavy atom. The number of aliphatic imine (C=N–C) groups is 1. The lowest BCUT2D eigenvalue weighted by Gasteiger charge is -2.42. The lowest BCUT2D eigenvalue weighted by atomic mass is 9.86. The van der Waals surface area contributed by atoms with Gasteiger partial charge in [0.25, 0.3) is 5.91 Å². The highest BCUT2D eigenvalue weighted by atomic mass is 16.2. The molecule has 5 nitrogen and oxygen atoms in total. The Morgan fingerprint density at radius 3 is 2.07 bits per heavy atom. The molecule has 2 aliphatic rings. The number of primary amides is 1. The molecular weight excluding hydrogens is 362 g/mol. The van der Waals surface area contributed by atoms with Crippen molar-refractivity contribution in [1.82, 2.24) is 4.90 Å². The number of hydrogen-bond donors (Lipinski definition) is 1. The highest BCUT2D eigenvalue weighted by molar-refractivity contribution is 6.47. The van der Waals surface area contributed by atoms with E-state index in [1.165, 1.54) is 0 Å². The van der Waals surface area contributed by atoms with E-state index in [-0.39, 0.29) is 5.91 Å². The van der Waals surface area contributed by atoms with Crippen LogP contribution < -0.4 is 5.73 Å². The molecule has 1 unspecified atom stereocenters. The van der Waals surface area contributed by atoms with Crippen molar-refractivity contribution in [3.05, 3.63) is 70.8 Å². The number of nitrogens with two attached hydrogens (primary N) is 1. The molecule has 2 aromatic carbocycles. The van der Waals surface area contributed by atoms with Crippen molar-refractivity contribution < 1.29 is 9.59 Å². The average Bonchev–Trinajstić information content (AvgIpc) is 2.97. The van der Waals surface area contributed by atoms with Gasteiger partial charge in [0.1, 0.15) is 17.4 Å². The van der Waals surface area contributed by atoms with Crippen LogP contribution in [0.15, 0.2) is 53.5 Å². The van der Waals surface area contributed by atoms with Crippen LogP contribution in [-0.2, 0) is 9.59 Å². The van der Waals surface area contributed by atoms with Gasteiger partial charge in [0, 0.05) is 5.56 Å². The van der Waals surface area contributed by atoms with Crippen LogP contribution in [0.1, 0.15) is 60.4 Å². The molecule has 1 atom stereocenters. The van der Waals surface area contributed by atoms with E-state index in [4.69, 9.17) is 10.7 Å². The summed E-state index contributed by atoms with van der Waals surface area (Å²) in [6.07, 6.45) is 4.58. The molecule has 29 heavy (non-hydrogen) atoms. The smallest absolute Gasteiger partial charge is 0.275 e. The fourth-order valence-electron chi connectivity index (χ4n) is 4.53. The zero-order chi connectivity index (χ0) is 20.6. The fourth-order valence-corrected chi connectivity index (χ4v) is 4.53. The summed E-state index contributed by atoms with van der Waals surface area (Å²) in [5.41, 5.74) is 9.34. The summed E-state index contributed by atoms with van der Waals surface area (Å²) in [5.74, 6) is -0.729. The average molecular weight is 389 g/mol. The second-order valence-electron chi connectivity index (χ2n) is 8.26. The van der Waals surface area contributed by atoms with Gasteiger partial charge in [0.05, 0.1) is 0 Å². The maximum Gasteiger partial charge on any atom is 0.275 e. The monoisotopic (exact) mass is 389 g/mol. The van der Waals surface area contributed by atoms with E-state index in [9.17, 15) is 9.59 Å². The van der Waals surface area contributed by atoms with Gasteiger partial charge in [0.15, 0.2) is 0 Å². The van der Waals surface area contributed by atoms with Crippen LogP contribution in [0.2, 0.25) is 0 Å². The second kappa shape index (κ2) is 7.47. The van der Waals surface area contributed by atoms with Gasteiger partial charge in [-0.3, -0.25) is 19.5 Å². The van der Waals surface area contributed by atoms with Crippen molar-refractivity contribution in [2.45, 2.75) is 57.7 Å². The topological polar surface area (TPSA) is 75.8 Å². The van der Waals surface area contributed by atoms with Gasteiger partial charge in [-0.15, -0.1) is 0 Å².